The minimum atomic E-state index is 0.399. The fourth-order valence-corrected chi connectivity index (χ4v) is 1.92. The van der Waals surface area contributed by atoms with Crippen LogP contribution in [0.4, 0.5) is 0 Å². The Hall–Kier alpha value is -1.28. The van der Waals surface area contributed by atoms with E-state index in [2.05, 4.69) is 17.5 Å². The van der Waals surface area contributed by atoms with Gasteiger partial charge >= 0.3 is 0 Å². The van der Waals surface area contributed by atoms with Gasteiger partial charge in [-0.1, -0.05) is 23.8 Å². The number of hydrogen-bond acceptors (Lipinski definition) is 2. The van der Waals surface area contributed by atoms with Gasteiger partial charge in [-0.2, -0.15) is 0 Å². The van der Waals surface area contributed by atoms with Crippen LogP contribution in [0.1, 0.15) is 17.5 Å². The lowest BCUT2D eigenvalue weighted by molar-refractivity contribution is 0.472. The molecular weight excluding hydrogens is 174 g/mol. The van der Waals surface area contributed by atoms with Crippen molar-refractivity contribution in [1.29, 1.82) is 0 Å². The molecule has 0 fully saturated rings. The van der Waals surface area contributed by atoms with Crippen LogP contribution in [0.25, 0.3) is 6.08 Å². The van der Waals surface area contributed by atoms with E-state index in [0.717, 1.165) is 24.9 Å². The predicted octanol–water partition coefficient (Wildman–Crippen LogP) is 1.94. The summed E-state index contributed by atoms with van der Waals surface area (Å²) in [6, 6.07) is 5.74. The van der Waals surface area contributed by atoms with E-state index in [-0.39, 0.29) is 0 Å². The van der Waals surface area contributed by atoms with Crippen LogP contribution in [0, 0.1) is 0 Å². The summed E-state index contributed by atoms with van der Waals surface area (Å²) < 4.78 is 0. The molecule has 2 nitrogen and oxygen atoms in total. The van der Waals surface area contributed by atoms with E-state index in [0.29, 0.717) is 5.75 Å². The molecule has 0 spiro atoms. The second-order valence-corrected chi connectivity index (χ2v) is 3.68. The molecule has 1 aliphatic carbocycles. The first kappa shape index (κ1) is 9.28. The Morgan fingerprint density at radius 3 is 3.00 bits per heavy atom. The molecule has 0 amide bonds. The van der Waals surface area contributed by atoms with Gasteiger partial charge < -0.3 is 10.4 Å². The van der Waals surface area contributed by atoms with Crippen molar-refractivity contribution >= 4 is 6.08 Å². The third-order valence-electron chi connectivity index (χ3n) is 2.64. The summed E-state index contributed by atoms with van der Waals surface area (Å²) in [6.07, 6.45) is 4.24. The van der Waals surface area contributed by atoms with Gasteiger partial charge in [-0.05, 0) is 31.5 Å². The Morgan fingerprint density at radius 2 is 2.21 bits per heavy atom. The molecule has 0 unspecified atom stereocenters. The average molecular weight is 189 g/mol. The molecule has 0 heterocycles. The maximum Gasteiger partial charge on any atom is 0.123 e. The number of benzene rings is 1. The molecule has 74 valence electrons. The summed E-state index contributed by atoms with van der Waals surface area (Å²) in [5.41, 5.74) is 3.62. The monoisotopic (exact) mass is 189 g/mol. The molecule has 1 aliphatic rings. The highest BCUT2D eigenvalue weighted by Crippen LogP contribution is 2.29. The van der Waals surface area contributed by atoms with Gasteiger partial charge in [0.2, 0.25) is 0 Å². The van der Waals surface area contributed by atoms with Crippen LogP contribution in [0.5, 0.6) is 5.75 Å². The molecule has 2 heteroatoms. The number of hydrogen-bond donors (Lipinski definition) is 2. The molecule has 0 atom stereocenters. The van der Waals surface area contributed by atoms with E-state index in [1.165, 1.54) is 11.1 Å². The van der Waals surface area contributed by atoms with Crippen molar-refractivity contribution in [2.45, 2.75) is 12.8 Å². The predicted molar refractivity (Wildman–Crippen MR) is 58.3 cm³/mol. The van der Waals surface area contributed by atoms with Gasteiger partial charge in [-0.15, -0.1) is 0 Å². The van der Waals surface area contributed by atoms with Crippen molar-refractivity contribution in [2.24, 2.45) is 0 Å². The smallest absolute Gasteiger partial charge is 0.123 e. The summed E-state index contributed by atoms with van der Waals surface area (Å²) >= 11 is 0. The molecule has 0 saturated heterocycles. The van der Waals surface area contributed by atoms with Crippen LogP contribution in [0.3, 0.4) is 0 Å². The first-order valence-corrected chi connectivity index (χ1v) is 4.96. The van der Waals surface area contributed by atoms with E-state index < -0.39 is 0 Å². The summed E-state index contributed by atoms with van der Waals surface area (Å²) in [6.45, 7) is 0.910. The lowest BCUT2D eigenvalue weighted by Gasteiger charge is -2.16. The van der Waals surface area contributed by atoms with Crippen molar-refractivity contribution in [3.63, 3.8) is 0 Å². The molecule has 0 bridgehead atoms. The molecule has 2 N–H and O–H groups in total. The highest BCUT2D eigenvalue weighted by molar-refractivity contribution is 5.65. The summed E-state index contributed by atoms with van der Waals surface area (Å²) in [5.74, 6) is 0.399. The number of phenolic OH excluding ortho intramolecular Hbond substituents is 1. The molecule has 0 radical (unpaired) electrons. The topological polar surface area (TPSA) is 32.3 Å². The Kier molecular flexibility index (Phi) is 2.55. The Balaban J connectivity index is 2.37. The van der Waals surface area contributed by atoms with Crippen molar-refractivity contribution < 1.29 is 5.11 Å². The molecule has 14 heavy (non-hydrogen) atoms. The first-order valence-electron chi connectivity index (χ1n) is 4.96. The summed E-state index contributed by atoms with van der Waals surface area (Å²) in [4.78, 5) is 0. The molecule has 1 aromatic carbocycles. The average Bonchev–Trinajstić information content (AvgIpc) is 2.20. The maximum absolute atomic E-state index is 9.68. The minimum Gasteiger partial charge on any atom is -0.507 e. The van der Waals surface area contributed by atoms with Gasteiger partial charge in [-0.25, -0.2) is 0 Å². The minimum absolute atomic E-state index is 0.399. The van der Waals surface area contributed by atoms with E-state index in [1.54, 1.807) is 6.07 Å². The second-order valence-electron chi connectivity index (χ2n) is 3.68. The Labute approximate surface area is 84.3 Å². The third kappa shape index (κ3) is 1.66. The second kappa shape index (κ2) is 3.84. The molecular formula is C12H15NO. The zero-order chi connectivity index (χ0) is 9.97. The van der Waals surface area contributed by atoms with Gasteiger partial charge in [0.15, 0.2) is 0 Å². The molecule has 1 aromatic rings. The van der Waals surface area contributed by atoms with Crippen LogP contribution in [0.2, 0.25) is 0 Å². The highest BCUT2D eigenvalue weighted by atomic mass is 16.3. The number of phenols is 1. The number of aryl methyl sites for hydroxylation is 1. The van der Waals surface area contributed by atoms with Crippen molar-refractivity contribution in [3.05, 3.63) is 34.9 Å². The van der Waals surface area contributed by atoms with Crippen molar-refractivity contribution in [2.75, 3.05) is 13.6 Å². The molecule has 0 aliphatic heterocycles. The quantitative estimate of drug-likeness (QED) is 0.745. The van der Waals surface area contributed by atoms with Crippen LogP contribution in [-0.2, 0) is 6.42 Å². The van der Waals surface area contributed by atoms with Crippen molar-refractivity contribution in [3.8, 4) is 5.75 Å². The van der Waals surface area contributed by atoms with E-state index in [9.17, 15) is 5.11 Å². The van der Waals surface area contributed by atoms with E-state index >= 15 is 0 Å². The standard InChI is InChI=1S/C12H15NO/c1-13-8-9-5-6-10-3-2-4-12(14)11(10)7-9/h2-4,7,13-14H,5-6,8H2,1H3. The van der Waals surface area contributed by atoms with Gasteiger partial charge in [0, 0.05) is 12.1 Å². The lowest BCUT2D eigenvalue weighted by atomic mass is 9.91. The SMILES string of the molecule is CNCC1=Cc2c(O)cccc2CC1. The van der Waals surface area contributed by atoms with Crippen LogP contribution in [0.15, 0.2) is 23.8 Å². The largest absolute Gasteiger partial charge is 0.507 e. The fraction of sp³-hybridized carbons (Fsp3) is 0.333. The first-order chi connectivity index (χ1) is 6.81. The van der Waals surface area contributed by atoms with Gasteiger partial charge in [0.1, 0.15) is 5.75 Å². The van der Waals surface area contributed by atoms with Gasteiger partial charge in [0.25, 0.3) is 0 Å². The molecule has 0 saturated carbocycles. The summed E-state index contributed by atoms with van der Waals surface area (Å²) in [5, 5.41) is 12.8. The maximum atomic E-state index is 9.68. The number of fused-ring (bicyclic) bond motifs is 1. The molecule has 2 rings (SSSR count). The van der Waals surface area contributed by atoms with Gasteiger partial charge in [0.05, 0.1) is 0 Å². The Morgan fingerprint density at radius 1 is 1.36 bits per heavy atom. The number of aromatic hydroxyl groups is 1. The van der Waals surface area contributed by atoms with E-state index in [1.807, 2.05) is 13.1 Å². The van der Waals surface area contributed by atoms with Crippen molar-refractivity contribution in [1.82, 2.24) is 5.32 Å². The zero-order valence-electron chi connectivity index (χ0n) is 8.38. The highest BCUT2D eigenvalue weighted by Gasteiger charge is 2.12. The third-order valence-corrected chi connectivity index (χ3v) is 2.64. The van der Waals surface area contributed by atoms with Crippen LogP contribution < -0.4 is 5.32 Å². The summed E-state index contributed by atoms with van der Waals surface area (Å²) in [7, 11) is 1.95. The zero-order valence-corrected chi connectivity index (χ0v) is 8.38. The normalized spacial score (nSPS) is 14.8. The van der Waals surface area contributed by atoms with Crippen LogP contribution in [-0.4, -0.2) is 18.7 Å². The number of rotatable bonds is 2. The Bertz CT molecular complexity index is 369. The number of nitrogens with one attached hydrogen (secondary N) is 1. The molecule has 0 aromatic heterocycles. The number of likely N-dealkylation sites (N-methyl/N-ethyl adjacent to an activating group) is 1. The fourth-order valence-electron chi connectivity index (χ4n) is 1.92. The van der Waals surface area contributed by atoms with Gasteiger partial charge in [-0.3, -0.25) is 0 Å². The van der Waals surface area contributed by atoms with Crippen LogP contribution >= 0.6 is 0 Å². The lowest BCUT2D eigenvalue weighted by Crippen LogP contribution is -2.13. The van der Waals surface area contributed by atoms with E-state index in [4.69, 9.17) is 0 Å².